The summed E-state index contributed by atoms with van der Waals surface area (Å²) in [7, 11) is 0. The molecule has 1 saturated heterocycles. The lowest BCUT2D eigenvalue weighted by Gasteiger charge is -2.26. The molecule has 1 aliphatic heterocycles. The number of carbonyl (C=O) groups excluding carboxylic acids is 1. The van der Waals surface area contributed by atoms with E-state index in [1.165, 1.54) is 0 Å². The Morgan fingerprint density at radius 1 is 1.44 bits per heavy atom. The molecule has 5 nitrogen and oxygen atoms in total. The fourth-order valence-corrected chi connectivity index (χ4v) is 1.82. The van der Waals surface area contributed by atoms with E-state index in [9.17, 15) is 4.79 Å². The van der Waals surface area contributed by atoms with Crippen molar-refractivity contribution >= 4 is 5.91 Å². The highest BCUT2D eigenvalue weighted by molar-refractivity contribution is 5.80. The Hall–Kier alpha value is -0.650. The van der Waals surface area contributed by atoms with Gasteiger partial charge in [-0.25, -0.2) is 0 Å². The van der Waals surface area contributed by atoms with Crippen LogP contribution in [0.4, 0.5) is 0 Å². The molecule has 1 fully saturated rings. The van der Waals surface area contributed by atoms with Crippen molar-refractivity contribution < 1.29 is 14.3 Å². The van der Waals surface area contributed by atoms with E-state index in [-0.39, 0.29) is 5.91 Å². The lowest BCUT2D eigenvalue weighted by molar-refractivity contribution is -0.154. The van der Waals surface area contributed by atoms with Gasteiger partial charge in [-0.1, -0.05) is 6.92 Å². The first-order chi connectivity index (χ1) is 7.43. The van der Waals surface area contributed by atoms with Gasteiger partial charge in [-0.3, -0.25) is 4.79 Å². The maximum absolute atomic E-state index is 11.3. The second-order valence-electron chi connectivity index (χ2n) is 4.67. The van der Waals surface area contributed by atoms with Crippen molar-refractivity contribution in [1.29, 1.82) is 0 Å². The van der Waals surface area contributed by atoms with Crippen LogP contribution in [0.1, 0.15) is 27.2 Å². The highest BCUT2D eigenvalue weighted by atomic mass is 16.7. The fourth-order valence-electron chi connectivity index (χ4n) is 1.82. The molecule has 1 amide bonds. The highest BCUT2D eigenvalue weighted by Gasteiger charge is 2.32. The molecule has 0 radical (unpaired) electrons. The molecule has 0 aromatic rings. The van der Waals surface area contributed by atoms with E-state index in [4.69, 9.17) is 15.2 Å². The van der Waals surface area contributed by atoms with Crippen LogP contribution in [0.5, 0.6) is 0 Å². The molecule has 2 atom stereocenters. The molecule has 5 heteroatoms. The topological polar surface area (TPSA) is 73.6 Å². The zero-order valence-corrected chi connectivity index (χ0v) is 10.3. The Morgan fingerprint density at radius 2 is 2.00 bits per heavy atom. The summed E-state index contributed by atoms with van der Waals surface area (Å²) in [6.45, 7) is 7.56. The van der Waals surface area contributed by atoms with Gasteiger partial charge in [-0.05, 0) is 19.8 Å². The Balaban J connectivity index is 2.25. The summed E-state index contributed by atoms with van der Waals surface area (Å²) in [6.07, 6.45) is 0.770. The number of rotatable bonds is 5. The SMILES string of the molecule is CC(CNC(=O)C(C)N)CC1(C)OCCO1. The average Bonchev–Trinajstić information content (AvgIpc) is 2.60. The third-order valence-electron chi connectivity index (χ3n) is 2.66. The number of hydrogen-bond donors (Lipinski definition) is 2. The van der Waals surface area contributed by atoms with Crippen LogP contribution in [0.3, 0.4) is 0 Å². The molecule has 0 bridgehead atoms. The molecule has 0 spiro atoms. The van der Waals surface area contributed by atoms with Crippen molar-refractivity contribution in [1.82, 2.24) is 5.32 Å². The van der Waals surface area contributed by atoms with Gasteiger partial charge in [0.2, 0.25) is 5.91 Å². The molecule has 1 rings (SSSR count). The number of carbonyl (C=O) groups is 1. The molecule has 0 aromatic carbocycles. The van der Waals surface area contributed by atoms with Crippen LogP contribution in [-0.4, -0.2) is 37.5 Å². The highest BCUT2D eigenvalue weighted by Crippen LogP contribution is 2.26. The van der Waals surface area contributed by atoms with E-state index in [1.54, 1.807) is 6.92 Å². The van der Waals surface area contributed by atoms with Crippen molar-refractivity contribution in [2.24, 2.45) is 11.7 Å². The predicted octanol–water partition coefficient (Wildman–Crippen LogP) is 0.239. The quantitative estimate of drug-likeness (QED) is 0.709. The maximum atomic E-state index is 11.3. The number of ether oxygens (including phenoxy) is 2. The minimum Gasteiger partial charge on any atom is -0.354 e. The largest absolute Gasteiger partial charge is 0.354 e. The average molecular weight is 230 g/mol. The van der Waals surface area contributed by atoms with Gasteiger partial charge in [0.05, 0.1) is 19.3 Å². The summed E-state index contributed by atoms with van der Waals surface area (Å²) in [6, 6.07) is -0.457. The summed E-state index contributed by atoms with van der Waals surface area (Å²) in [4.78, 5) is 11.3. The van der Waals surface area contributed by atoms with Crippen molar-refractivity contribution in [3.63, 3.8) is 0 Å². The van der Waals surface area contributed by atoms with E-state index in [0.29, 0.717) is 25.7 Å². The molecule has 1 heterocycles. The van der Waals surface area contributed by atoms with E-state index in [1.807, 2.05) is 6.92 Å². The molecular weight excluding hydrogens is 208 g/mol. The molecule has 16 heavy (non-hydrogen) atoms. The first-order valence-electron chi connectivity index (χ1n) is 5.74. The number of nitrogens with two attached hydrogens (primary N) is 1. The van der Waals surface area contributed by atoms with Crippen LogP contribution in [0.25, 0.3) is 0 Å². The minimum absolute atomic E-state index is 0.120. The van der Waals surface area contributed by atoms with E-state index in [0.717, 1.165) is 6.42 Å². The second-order valence-corrected chi connectivity index (χ2v) is 4.67. The van der Waals surface area contributed by atoms with Gasteiger partial charge < -0.3 is 20.5 Å². The number of nitrogens with one attached hydrogen (secondary N) is 1. The summed E-state index contributed by atoms with van der Waals surface area (Å²) in [5.41, 5.74) is 5.45. The minimum atomic E-state index is -0.488. The van der Waals surface area contributed by atoms with Gasteiger partial charge >= 0.3 is 0 Å². The van der Waals surface area contributed by atoms with Crippen LogP contribution >= 0.6 is 0 Å². The molecule has 94 valence electrons. The monoisotopic (exact) mass is 230 g/mol. The fraction of sp³-hybridized carbons (Fsp3) is 0.909. The van der Waals surface area contributed by atoms with Crippen LogP contribution in [0.15, 0.2) is 0 Å². The molecular formula is C11H22N2O3. The summed E-state index contributed by atoms with van der Waals surface area (Å²) in [5, 5.41) is 2.80. The summed E-state index contributed by atoms with van der Waals surface area (Å²) < 4.78 is 11.0. The van der Waals surface area contributed by atoms with Gasteiger partial charge in [0.1, 0.15) is 0 Å². The smallest absolute Gasteiger partial charge is 0.236 e. The number of amides is 1. The Labute approximate surface area is 96.7 Å². The van der Waals surface area contributed by atoms with Crippen LogP contribution in [-0.2, 0) is 14.3 Å². The van der Waals surface area contributed by atoms with Crippen molar-refractivity contribution in [2.45, 2.75) is 39.0 Å². The number of hydrogen-bond acceptors (Lipinski definition) is 4. The maximum Gasteiger partial charge on any atom is 0.236 e. The summed E-state index contributed by atoms with van der Waals surface area (Å²) in [5.74, 6) is -0.311. The van der Waals surface area contributed by atoms with Gasteiger partial charge in [0, 0.05) is 13.0 Å². The van der Waals surface area contributed by atoms with E-state index >= 15 is 0 Å². The lowest BCUT2D eigenvalue weighted by atomic mass is 10.0. The van der Waals surface area contributed by atoms with Crippen LogP contribution in [0, 0.1) is 5.92 Å². The predicted molar refractivity (Wildman–Crippen MR) is 60.7 cm³/mol. The Bertz CT molecular complexity index is 237. The van der Waals surface area contributed by atoms with E-state index in [2.05, 4.69) is 12.2 Å². The third-order valence-corrected chi connectivity index (χ3v) is 2.66. The second kappa shape index (κ2) is 5.61. The van der Waals surface area contributed by atoms with Crippen molar-refractivity contribution in [3.05, 3.63) is 0 Å². The zero-order chi connectivity index (χ0) is 12.2. The molecule has 1 aliphatic rings. The first-order valence-corrected chi connectivity index (χ1v) is 5.74. The van der Waals surface area contributed by atoms with Crippen molar-refractivity contribution in [2.75, 3.05) is 19.8 Å². The molecule has 0 aliphatic carbocycles. The van der Waals surface area contributed by atoms with Gasteiger partial charge in [-0.2, -0.15) is 0 Å². The van der Waals surface area contributed by atoms with Gasteiger partial charge in [0.25, 0.3) is 0 Å². The van der Waals surface area contributed by atoms with Gasteiger partial charge in [0.15, 0.2) is 5.79 Å². The Morgan fingerprint density at radius 3 is 2.50 bits per heavy atom. The molecule has 3 N–H and O–H groups in total. The normalized spacial score (nSPS) is 22.8. The lowest BCUT2D eigenvalue weighted by Crippen LogP contribution is -2.41. The van der Waals surface area contributed by atoms with Crippen LogP contribution < -0.4 is 11.1 Å². The molecule has 0 aromatic heterocycles. The Kier molecular flexibility index (Phi) is 4.70. The molecule has 2 unspecified atom stereocenters. The summed E-state index contributed by atoms with van der Waals surface area (Å²) >= 11 is 0. The van der Waals surface area contributed by atoms with Crippen molar-refractivity contribution in [3.8, 4) is 0 Å². The molecule has 0 saturated carbocycles. The standard InChI is InChI=1S/C11H22N2O3/c1-8(7-13-10(14)9(2)12)6-11(3)15-4-5-16-11/h8-9H,4-7,12H2,1-3H3,(H,13,14). The third kappa shape index (κ3) is 4.08. The zero-order valence-electron chi connectivity index (χ0n) is 10.3. The van der Waals surface area contributed by atoms with Crippen LogP contribution in [0.2, 0.25) is 0 Å². The van der Waals surface area contributed by atoms with Gasteiger partial charge in [-0.15, -0.1) is 0 Å². The first kappa shape index (κ1) is 13.4. The van der Waals surface area contributed by atoms with E-state index < -0.39 is 11.8 Å².